The van der Waals surface area contributed by atoms with E-state index in [9.17, 15) is 0 Å². The second kappa shape index (κ2) is 3.42. The van der Waals surface area contributed by atoms with Gasteiger partial charge >= 0.3 is 0 Å². The molecule has 0 saturated heterocycles. The molecule has 0 spiro atoms. The molecule has 2 N–H and O–H groups in total. The molecule has 50 valence electrons. The number of nitrogens with two attached hydrogens (primary N) is 1. The first kappa shape index (κ1) is 8.39. The molecule has 0 heterocycles. The van der Waals surface area contributed by atoms with Gasteiger partial charge in [0.05, 0.1) is 0 Å². The van der Waals surface area contributed by atoms with Gasteiger partial charge in [-0.2, -0.15) is 0 Å². The van der Waals surface area contributed by atoms with Crippen LogP contribution in [0, 0.1) is 0 Å². The standard InChI is InChI=1S/C6H16NP/c1-6(2,7)4-3-5-8/h3-5,7-8H2,1-2H3. The summed E-state index contributed by atoms with van der Waals surface area (Å²) in [6.45, 7) is 4.13. The third-order valence-electron chi connectivity index (χ3n) is 1.03. The average Bonchev–Trinajstić information content (AvgIpc) is 1.59. The van der Waals surface area contributed by atoms with Crippen LogP contribution in [0.4, 0.5) is 0 Å². The molecule has 8 heavy (non-hydrogen) atoms. The average molecular weight is 133 g/mol. The Labute approximate surface area is 54.2 Å². The fourth-order valence-electron chi connectivity index (χ4n) is 0.558. The molecule has 0 rings (SSSR count). The fraction of sp³-hybridized carbons (Fsp3) is 1.00. The van der Waals surface area contributed by atoms with Gasteiger partial charge in [0.25, 0.3) is 0 Å². The van der Waals surface area contributed by atoms with Crippen LogP contribution in [-0.2, 0) is 0 Å². The Balaban J connectivity index is 3.11. The van der Waals surface area contributed by atoms with Crippen LogP contribution in [0.1, 0.15) is 26.7 Å². The quantitative estimate of drug-likeness (QED) is 0.578. The van der Waals surface area contributed by atoms with Crippen molar-refractivity contribution in [2.24, 2.45) is 5.73 Å². The van der Waals surface area contributed by atoms with Crippen molar-refractivity contribution in [1.82, 2.24) is 0 Å². The van der Waals surface area contributed by atoms with Crippen molar-refractivity contribution in [2.75, 3.05) is 6.16 Å². The van der Waals surface area contributed by atoms with Gasteiger partial charge in [-0.25, -0.2) is 0 Å². The molecule has 0 radical (unpaired) electrons. The first-order valence-corrected chi connectivity index (χ1v) is 3.87. The Morgan fingerprint density at radius 3 is 2.12 bits per heavy atom. The smallest absolute Gasteiger partial charge is 0.00971 e. The molecule has 2 heteroatoms. The molecule has 0 aliphatic carbocycles. The molecule has 0 fully saturated rings. The molecule has 1 nitrogen and oxygen atoms in total. The van der Waals surface area contributed by atoms with Crippen LogP contribution in [0.2, 0.25) is 0 Å². The summed E-state index contributed by atoms with van der Waals surface area (Å²) < 4.78 is 0. The van der Waals surface area contributed by atoms with Gasteiger partial charge in [-0.05, 0) is 32.9 Å². The SMILES string of the molecule is CC(C)(N)CCCP. The van der Waals surface area contributed by atoms with Gasteiger partial charge < -0.3 is 5.73 Å². The molecular formula is C6H16NP. The maximum atomic E-state index is 5.71. The van der Waals surface area contributed by atoms with Gasteiger partial charge in [0.2, 0.25) is 0 Å². The van der Waals surface area contributed by atoms with E-state index >= 15 is 0 Å². The minimum atomic E-state index is 0.0383. The Morgan fingerprint density at radius 1 is 1.50 bits per heavy atom. The molecule has 0 saturated carbocycles. The van der Waals surface area contributed by atoms with E-state index in [1.807, 2.05) is 0 Å². The van der Waals surface area contributed by atoms with Gasteiger partial charge in [0.15, 0.2) is 0 Å². The van der Waals surface area contributed by atoms with Gasteiger partial charge in [-0.3, -0.25) is 0 Å². The van der Waals surface area contributed by atoms with Crippen molar-refractivity contribution in [3.63, 3.8) is 0 Å². The largest absolute Gasteiger partial charge is 0.326 e. The highest BCUT2D eigenvalue weighted by Gasteiger charge is 2.07. The third-order valence-corrected chi connectivity index (χ3v) is 1.43. The van der Waals surface area contributed by atoms with Crippen LogP contribution in [0.15, 0.2) is 0 Å². The summed E-state index contributed by atoms with van der Waals surface area (Å²) in [5.41, 5.74) is 5.75. The molecule has 0 bridgehead atoms. The monoisotopic (exact) mass is 133 g/mol. The topological polar surface area (TPSA) is 26.0 Å². The van der Waals surface area contributed by atoms with Crippen molar-refractivity contribution >= 4 is 9.24 Å². The fourth-order valence-corrected chi connectivity index (χ4v) is 0.762. The predicted molar refractivity (Wildman–Crippen MR) is 42.1 cm³/mol. The van der Waals surface area contributed by atoms with E-state index in [0.717, 1.165) is 6.42 Å². The van der Waals surface area contributed by atoms with E-state index in [-0.39, 0.29) is 5.54 Å². The molecule has 1 atom stereocenters. The normalized spacial score (nSPS) is 12.0. The van der Waals surface area contributed by atoms with E-state index in [4.69, 9.17) is 5.73 Å². The number of hydrogen-bond acceptors (Lipinski definition) is 1. The lowest BCUT2D eigenvalue weighted by atomic mass is 10.0. The third kappa shape index (κ3) is 6.39. The summed E-state index contributed by atoms with van der Waals surface area (Å²) in [4.78, 5) is 0. The molecular weight excluding hydrogens is 117 g/mol. The van der Waals surface area contributed by atoms with E-state index in [1.165, 1.54) is 12.6 Å². The zero-order valence-electron chi connectivity index (χ0n) is 5.78. The van der Waals surface area contributed by atoms with Crippen molar-refractivity contribution in [1.29, 1.82) is 0 Å². The predicted octanol–water partition coefficient (Wildman–Crippen LogP) is 1.38. The molecule has 0 aromatic heterocycles. The highest BCUT2D eigenvalue weighted by atomic mass is 31.0. The van der Waals surface area contributed by atoms with Gasteiger partial charge in [-0.15, -0.1) is 9.24 Å². The highest BCUT2D eigenvalue weighted by Crippen LogP contribution is 2.07. The zero-order valence-corrected chi connectivity index (χ0v) is 6.93. The van der Waals surface area contributed by atoms with Gasteiger partial charge in [0.1, 0.15) is 0 Å². The Bertz CT molecular complexity index is 56.0. The first-order valence-electron chi connectivity index (χ1n) is 3.05. The van der Waals surface area contributed by atoms with Gasteiger partial charge in [-0.1, -0.05) is 0 Å². The Kier molecular flexibility index (Phi) is 3.59. The minimum absolute atomic E-state index is 0.0383. The summed E-state index contributed by atoms with van der Waals surface area (Å²) in [5, 5.41) is 0. The van der Waals surface area contributed by atoms with E-state index in [0.29, 0.717) is 0 Å². The van der Waals surface area contributed by atoms with Crippen LogP contribution < -0.4 is 5.73 Å². The summed E-state index contributed by atoms with van der Waals surface area (Å²) in [6, 6.07) is 0. The highest BCUT2D eigenvalue weighted by molar-refractivity contribution is 7.16. The number of hydrogen-bond donors (Lipinski definition) is 1. The van der Waals surface area contributed by atoms with Crippen molar-refractivity contribution < 1.29 is 0 Å². The lowest BCUT2D eigenvalue weighted by molar-refractivity contribution is 0.472. The maximum absolute atomic E-state index is 5.71. The second-order valence-electron chi connectivity index (χ2n) is 2.88. The van der Waals surface area contributed by atoms with E-state index in [2.05, 4.69) is 23.1 Å². The van der Waals surface area contributed by atoms with E-state index in [1.54, 1.807) is 0 Å². The molecule has 0 amide bonds. The van der Waals surface area contributed by atoms with Crippen LogP contribution in [0.3, 0.4) is 0 Å². The summed E-state index contributed by atoms with van der Waals surface area (Å²) in [5.74, 6) is 0. The maximum Gasteiger partial charge on any atom is 0.00971 e. The summed E-state index contributed by atoms with van der Waals surface area (Å²) >= 11 is 0. The number of rotatable bonds is 3. The van der Waals surface area contributed by atoms with Crippen LogP contribution in [-0.4, -0.2) is 11.7 Å². The second-order valence-corrected chi connectivity index (χ2v) is 3.46. The van der Waals surface area contributed by atoms with Crippen molar-refractivity contribution in [3.8, 4) is 0 Å². The molecule has 0 aromatic rings. The summed E-state index contributed by atoms with van der Waals surface area (Å²) in [6.07, 6.45) is 3.51. The molecule has 0 aliphatic rings. The van der Waals surface area contributed by atoms with Crippen LogP contribution in [0.5, 0.6) is 0 Å². The minimum Gasteiger partial charge on any atom is -0.326 e. The van der Waals surface area contributed by atoms with Crippen molar-refractivity contribution in [3.05, 3.63) is 0 Å². The van der Waals surface area contributed by atoms with Gasteiger partial charge in [0, 0.05) is 5.54 Å². The van der Waals surface area contributed by atoms with E-state index < -0.39 is 0 Å². The zero-order chi connectivity index (χ0) is 6.62. The lowest BCUT2D eigenvalue weighted by Gasteiger charge is -2.16. The Morgan fingerprint density at radius 2 is 2.00 bits per heavy atom. The molecule has 0 aromatic carbocycles. The summed E-state index contributed by atoms with van der Waals surface area (Å²) in [7, 11) is 2.70. The van der Waals surface area contributed by atoms with Crippen LogP contribution in [0.25, 0.3) is 0 Å². The Hall–Kier alpha value is 0.390. The molecule has 1 unspecified atom stereocenters. The molecule has 0 aliphatic heterocycles. The first-order chi connectivity index (χ1) is 3.56. The van der Waals surface area contributed by atoms with Crippen molar-refractivity contribution in [2.45, 2.75) is 32.2 Å². The lowest BCUT2D eigenvalue weighted by Crippen LogP contribution is -2.31. The van der Waals surface area contributed by atoms with Crippen LogP contribution >= 0.6 is 9.24 Å².